The molecule has 0 spiro atoms. The first kappa shape index (κ1) is 17.9. The molecule has 10 heteroatoms. The molecule has 23 heavy (non-hydrogen) atoms. The molecule has 10 nitrogen and oxygen atoms in total. The Kier molecular flexibility index (Phi) is 6.01. The number of carboxylic acids is 1. The molecular weight excluding hydrogens is 310 g/mol. The van der Waals surface area contributed by atoms with E-state index in [0.717, 1.165) is 13.2 Å². The fourth-order valence-corrected chi connectivity index (χ4v) is 1.70. The Labute approximate surface area is 130 Å². The van der Waals surface area contributed by atoms with E-state index < -0.39 is 22.9 Å². The van der Waals surface area contributed by atoms with Crippen molar-refractivity contribution in [2.45, 2.75) is 13.3 Å². The SMILES string of the molecule is COC(=O)c1cc(NC(=O)NCCC(=O)O)c(C)c([N+](=O)[O-])c1. The second-order valence-electron chi connectivity index (χ2n) is 4.44. The van der Waals surface area contributed by atoms with E-state index in [4.69, 9.17) is 5.11 Å². The van der Waals surface area contributed by atoms with Gasteiger partial charge in [0.25, 0.3) is 5.69 Å². The number of hydrogen-bond acceptors (Lipinski definition) is 6. The first-order valence-corrected chi connectivity index (χ1v) is 6.40. The van der Waals surface area contributed by atoms with E-state index in [1.807, 2.05) is 0 Å². The molecule has 0 heterocycles. The minimum Gasteiger partial charge on any atom is -0.481 e. The third-order valence-electron chi connectivity index (χ3n) is 2.87. The number of urea groups is 1. The minimum atomic E-state index is -1.08. The van der Waals surface area contributed by atoms with Gasteiger partial charge in [-0.05, 0) is 13.0 Å². The van der Waals surface area contributed by atoms with Gasteiger partial charge in [-0.3, -0.25) is 14.9 Å². The van der Waals surface area contributed by atoms with Crippen LogP contribution in [0.5, 0.6) is 0 Å². The number of carbonyl (C=O) groups is 3. The normalized spacial score (nSPS) is 9.83. The fraction of sp³-hybridized carbons (Fsp3) is 0.308. The summed E-state index contributed by atoms with van der Waals surface area (Å²) in [5.74, 6) is -1.87. The maximum Gasteiger partial charge on any atom is 0.338 e. The Bertz CT molecular complexity index is 657. The standard InChI is InChI=1S/C13H15N3O7/c1-7-9(15-13(20)14-4-3-11(17)18)5-8(12(19)23-2)6-10(7)16(21)22/h5-6H,3-4H2,1-2H3,(H,17,18)(H2,14,15,20). The van der Waals surface area contributed by atoms with E-state index in [-0.39, 0.29) is 35.5 Å². The van der Waals surface area contributed by atoms with Crippen molar-refractivity contribution in [2.24, 2.45) is 0 Å². The summed E-state index contributed by atoms with van der Waals surface area (Å²) < 4.78 is 4.51. The van der Waals surface area contributed by atoms with Crippen molar-refractivity contribution < 1.29 is 29.2 Å². The van der Waals surface area contributed by atoms with Crippen LogP contribution in [-0.2, 0) is 9.53 Å². The summed E-state index contributed by atoms with van der Waals surface area (Å²) in [6, 6.07) is 1.55. The zero-order chi connectivity index (χ0) is 17.6. The summed E-state index contributed by atoms with van der Waals surface area (Å²) >= 11 is 0. The van der Waals surface area contributed by atoms with Gasteiger partial charge in [0.2, 0.25) is 0 Å². The van der Waals surface area contributed by atoms with Crippen molar-refractivity contribution in [2.75, 3.05) is 19.0 Å². The van der Waals surface area contributed by atoms with Crippen LogP contribution < -0.4 is 10.6 Å². The van der Waals surface area contributed by atoms with Crippen molar-refractivity contribution in [1.82, 2.24) is 5.32 Å². The number of methoxy groups -OCH3 is 1. The summed E-state index contributed by atoms with van der Waals surface area (Å²) in [4.78, 5) is 43.9. The van der Waals surface area contributed by atoms with Gasteiger partial charge in [0.05, 0.1) is 35.3 Å². The van der Waals surface area contributed by atoms with Crippen LogP contribution in [0.1, 0.15) is 22.3 Å². The number of rotatable bonds is 6. The molecule has 1 rings (SSSR count). The lowest BCUT2D eigenvalue weighted by molar-refractivity contribution is -0.385. The van der Waals surface area contributed by atoms with E-state index in [1.54, 1.807) is 0 Å². The number of benzene rings is 1. The largest absolute Gasteiger partial charge is 0.481 e. The molecule has 124 valence electrons. The summed E-state index contributed by atoms with van der Waals surface area (Å²) in [6.07, 6.45) is -0.269. The zero-order valence-corrected chi connectivity index (χ0v) is 12.4. The summed E-state index contributed by atoms with van der Waals surface area (Å²) in [6.45, 7) is 1.30. The number of nitrogens with one attached hydrogen (secondary N) is 2. The molecule has 0 aliphatic carbocycles. The van der Waals surface area contributed by atoms with Crippen molar-refractivity contribution in [3.8, 4) is 0 Å². The number of nitrogens with zero attached hydrogens (tertiary/aromatic N) is 1. The first-order valence-electron chi connectivity index (χ1n) is 6.40. The predicted octanol–water partition coefficient (Wildman–Crippen LogP) is 1.29. The molecule has 0 fully saturated rings. The fourth-order valence-electron chi connectivity index (χ4n) is 1.70. The van der Waals surface area contributed by atoms with Gasteiger partial charge >= 0.3 is 18.0 Å². The summed E-state index contributed by atoms with van der Waals surface area (Å²) in [5, 5.41) is 24.1. The molecule has 0 bridgehead atoms. The molecule has 0 saturated heterocycles. The van der Waals surface area contributed by atoms with E-state index >= 15 is 0 Å². The smallest absolute Gasteiger partial charge is 0.338 e. The van der Waals surface area contributed by atoms with E-state index in [0.29, 0.717) is 0 Å². The molecular formula is C13H15N3O7. The maximum absolute atomic E-state index is 11.7. The molecule has 0 atom stereocenters. The number of nitro groups is 1. The number of ether oxygens (including phenoxy) is 1. The van der Waals surface area contributed by atoms with Gasteiger partial charge in [0.1, 0.15) is 0 Å². The molecule has 1 aromatic carbocycles. The molecule has 0 aliphatic heterocycles. The number of esters is 1. The van der Waals surface area contributed by atoms with Crippen LogP contribution in [0, 0.1) is 17.0 Å². The number of carbonyl (C=O) groups excluding carboxylic acids is 2. The molecule has 0 saturated carbocycles. The van der Waals surface area contributed by atoms with Gasteiger partial charge in [-0.2, -0.15) is 0 Å². The molecule has 0 aliphatic rings. The van der Waals surface area contributed by atoms with Gasteiger partial charge < -0.3 is 20.5 Å². The lowest BCUT2D eigenvalue weighted by Gasteiger charge is -2.11. The van der Waals surface area contributed by atoms with Crippen molar-refractivity contribution in [3.05, 3.63) is 33.4 Å². The Hall–Kier alpha value is -3.17. The van der Waals surface area contributed by atoms with Crippen molar-refractivity contribution in [3.63, 3.8) is 0 Å². The van der Waals surface area contributed by atoms with Crippen LogP contribution in [0.4, 0.5) is 16.2 Å². The molecule has 0 unspecified atom stereocenters. The molecule has 2 amide bonds. The van der Waals surface area contributed by atoms with Crippen molar-refractivity contribution >= 4 is 29.3 Å². The molecule has 0 radical (unpaired) electrons. The monoisotopic (exact) mass is 325 g/mol. The second-order valence-corrected chi connectivity index (χ2v) is 4.44. The third kappa shape index (κ3) is 4.95. The van der Waals surface area contributed by atoms with Gasteiger partial charge in [-0.15, -0.1) is 0 Å². The number of nitro benzene ring substituents is 1. The number of aliphatic carboxylic acids is 1. The van der Waals surface area contributed by atoms with Crippen LogP contribution in [0.15, 0.2) is 12.1 Å². The zero-order valence-electron chi connectivity index (χ0n) is 12.4. The summed E-state index contributed by atoms with van der Waals surface area (Å²) in [5.41, 5.74) is -0.247. The van der Waals surface area contributed by atoms with Crippen LogP contribution in [0.2, 0.25) is 0 Å². The summed E-state index contributed by atoms with van der Waals surface area (Å²) in [7, 11) is 1.12. The maximum atomic E-state index is 11.7. The molecule has 1 aromatic rings. The van der Waals surface area contributed by atoms with Gasteiger partial charge in [-0.1, -0.05) is 0 Å². The topological polar surface area (TPSA) is 148 Å². The second kappa shape index (κ2) is 7.73. The Morgan fingerprint density at radius 1 is 1.35 bits per heavy atom. The van der Waals surface area contributed by atoms with E-state index in [9.17, 15) is 24.5 Å². The number of hydrogen-bond donors (Lipinski definition) is 3. The van der Waals surface area contributed by atoms with Gasteiger partial charge in [0.15, 0.2) is 0 Å². The quantitative estimate of drug-likeness (QED) is 0.405. The van der Waals surface area contributed by atoms with Crippen LogP contribution >= 0.6 is 0 Å². The highest BCUT2D eigenvalue weighted by molar-refractivity contribution is 5.96. The number of anilines is 1. The average Bonchev–Trinajstić information content (AvgIpc) is 2.47. The highest BCUT2D eigenvalue weighted by Crippen LogP contribution is 2.28. The third-order valence-corrected chi connectivity index (χ3v) is 2.87. The molecule has 0 aromatic heterocycles. The Morgan fingerprint density at radius 2 is 2.00 bits per heavy atom. The van der Waals surface area contributed by atoms with E-state index in [1.165, 1.54) is 13.0 Å². The number of amides is 2. The lowest BCUT2D eigenvalue weighted by atomic mass is 10.1. The van der Waals surface area contributed by atoms with Gasteiger partial charge in [0, 0.05) is 12.6 Å². The van der Waals surface area contributed by atoms with Crippen molar-refractivity contribution in [1.29, 1.82) is 0 Å². The van der Waals surface area contributed by atoms with Crippen LogP contribution in [0.3, 0.4) is 0 Å². The highest BCUT2D eigenvalue weighted by Gasteiger charge is 2.20. The molecule has 3 N–H and O–H groups in total. The van der Waals surface area contributed by atoms with E-state index in [2.05, 4.69) is 15.4 Å². The minimum absolute atomic E-state index is 0.0485. The average molecular weight is 325 g/mol. The highest BCUT2D eigenvalue weighted by atomic mass is 16.6. The van der Waals surface area contributed by atoms with Crippen LogP contribution in [0.25, 0.3) is 0 Å². The Balaban J connectivity index is 3.02. The Morgan fingerprint density at radius 3 is 2.52 bits per heavy atom. The first-order chi connectivity index (χ1) is 10.8. The number of carboxylic acid groups (broad SMARTS) is 1. The lowest BCUT2D eigenvalue weighted by Crippen LogP contribution is -2.31. The van der Waals surface area contributed by atoms with Crippen LogP contribution in [-0.4, -0.2) is 41.7 Å². The predicted molar refractivity (Wildman–Crippen MR) is 78.4 cm³/mol. The van der Waals surface area contributed by atoms with Gasteiger partial charge in [-0.25, -0.2) is 9.59 Å².